The number of aromatic nitrogens is 1. The summed E-state index contributed by atoms with van der Waals surface area (Å²) in [6, 6.07) is 11.0. The number of furan rings is 1. The molecular weight excluding hydrogens is 388 g/mol. The fourth-order valence-electron chi connectivity index (χ4n) is 3.29. The van der Waals surface area contributed by atoms with E-state index < -0.39 is 5.97 Å². The van der Waals surface area contributed by atoms with Crippen LogP contribution in [0.15, 0.2) is 52.5 Å². The number of esters is 1. The van der Waals surface area contributed by atoms with Crippen molar-refractivity contribution in [3.05, 3.63) is 53.8 Å². The van der Waals surface area contributed by atoms with E-state index in [9.17, 15) is 9.59 Å². The quantitative estimate of drug-likeness (QED) is 0.450. The number of nitrogens with one attached hydrogen (secondary N) is 1. The number of hydrogen-bond acceptors (Lipinski definition) is 6. The number of carbonyl (C=O) groups excluding carboxylic acids is 2. The number of nitrogens with zero attached hydrogens (tertiary/aromatic N) is 1. The number of amides is 1. The third-order valence-corrected chi connectivity index (χ3v) is 5.85. The molecule has 29 heavy (non-hydrogen) atoms. The van der Waals surface area contributed by atoms with Crippen LogP contribution in [0.25, 0.3) is 21.0 Å². The average molecular weight is 410 g/mol. The number of thiazole rings is 1. The zero-order chi connectivity index (χ0) is 20.1. The van der Waals surface area contributed by atoms with Crippen LogP contribution in [0.4, 0.5) is 0 Å². The molecule has 0 saturated heterocycles. The molecule has 1 amide bonds. The van der Waals surface area contributed by atoms with Crippen molar-refractivity contribution in [2.24, 2.45) is 0 Å². The number of hydrogen-bond donors (Lipinski definition) is 1. The Hall–Kier alpha value is -2.93. The molecule has 0 radical (unpaired) electrons. The van der Waals surface area contributed by atoms with Gasteiger partial charge in [0.05, 0.1) is 10.2 Å². The Bertz CT molecular complexity index is 1020. The zero-order valence-corrected chi connectivity index (χ0v) is 16.8. The Morgan fingerprint density at radius 1 is 1.17 bits per heavy atom. The predicted molar refractivity (Wildman–Crippen MR) is 112 cm³/mol. The van der Waals surface area contributed by atoms with Gasteiger partial charge in [-0.15, -0.1) is 11.3 Å². The highest BCUT2D eigenvalue weighted by molar-refractivity contribution is 7.21. The van der Waals surface area contributed by atoms with Crippen LogP contribution >= 0.6 is 11.3 Å². The number of benzene rings is 1. The standard InChI is InChI=1S/C22H22N2O4S/c25-20(23-13-12-15-6-2-1-3-7-15)14-27-22(26)18-11-10-17(28-18)21-24-16-8-4-5-9-19(16)29-21/h4-6,8-11H,1-3,7,12-14H2,(H,23,25). The van der Waals surface area contributed by atoms with E-state index in [0.29, 0.717) is 17.3 Å². The van der Waals surface area contributed by atoms with Gasteiger partial charge >= 0.3 is 5.97 Å². The minimum absolute atomic E-state index is 0.0550. The van der Waals surface area contributed by atoms with E-state index in [4.69, 9.17) is 9.15 Å². The van der Waals surface area contributed by atoms with Crippen molar-refractivity contribution in [3.8, 4) is 10.8 Å². The fraction of sp³-hybridized carbons (Fsp3) is 0.318. The summed E-state index contributed by atoms with van der Waals surface area (Å²) in [7, 11) is 0. The lowest BCUT2D eigenvalue weighted by atomic mass is 9.97. The van der Waals surface area contributed by atoms with Crippen molar-refractivity contribution < 1.29 is 18.7 Å². The molecule has 0 unspecified atom stereocenters. The first-order valence-electron chi connectivity index (χ1n) is 9.76. The predicted octanol–water partition coefficient (Wildman–Crippen LogP) is 4.72. The van der Waals surface area contributed by atoms with Crippen molar-refractivity contribution in [2.75, 3.05) is 13.2 Å². The Kier molecular flexibility index (Phi) is 6.05. The Morgan fingerprint density at radius 2 is 2.07 bits per heavy atom. The molecule has 1 aliphatic carbocycles. The first kappa shape index (κ1) is 19.4. The molecule has 1 aliphatic rings. The summed E-state index contributed by atoms with van der Waals surface area (Å²) < 4.78 is 11.7. The van der Waals surface area contributed by atoms with Crippen LogP contribution in [0.3, 0.4) is 0 Å². The maximum Gasteiger partial charge on any atom is 0.374 e. The zero-order valence-electron chi connectivity index (χ0n) is 16.0. The lowest BCUT2D eigenvalue weighted by Crippen LogP contribution is -2.29. The molecule has 150 valence electrons. The van der Waals surface area contributed by atoms with Crippen LogP contribution in [0.5, 0.6) is 0 Å². The molecule has 2 heterocycles. The topological polar surface area (TPSA) is 81.4 Å². The Balaban J connectivity index is 1.26. The molecule has 0 spiro atoms. The van der Waals surface area contributed by atoms with Crippen molar-refractivity contribution in [1.29, 1.82) is 0 Å². The van der Waals surface area contributed by atoms with Crippen LogP contribution < -0.4 is 5.32 Å². The van der Waals surface area contributed by atoms with Crippen molar-refractivity contribution >= 4 is 33.4 Å². The molecule has 0 fully saturated rings. The van der Waals surface area contributed by atoms with Gasteiger partial charge in [0.25, 0.3) is 5.91 Å². The second-order valence-electron chi connectivity index (χ2n) is 6.93. The highest BCUT2D eigenvalue weighted by Gasteiger charge is 2.17. The van der Waals surface area contributed by atoms with E-state index >= 15 is 0 Å². The normalized spacial score (nSPS) is 13.9. The molecule has 2 aromatic heterocycles. The molecule has 1 N–H and O–H groups in total. The lowest BCUT2D eigenvalue weighted by molar-refractivity contribution is -0.124. The number of ether oxygens (including phenoxy) is 1. The van der Waals surface area contributed by atoms with Gasteiger partial charge in [-0.1, -0.05) is 23.8 Å². The van der Waals surface area contributed by atoms with Gasteiger partial charge in [-0.05, 0) is 56.4 Å². The molecule has 0 atom stereocenters. The van der Waals surface area contributed by atoms with Crippen molar-refractivity contribution in [3.63, 3.8) is 0 Å². The molecule has 0 aliphatic heterocycles. The number of para-hydroxylation sites is 1. The van der Waals surface area contributed by atoms with E-state index in [1.165, 1.54) is 35.8 Å². The van der Waals surface area contributed by atoms with Gasteiger partial charge < -0.3 is 14.5 Å². The highest BCUT2D eigenvalue weighted by Crippen LogP contribution is 2.31. The number of rotatable bonds is 7. The molecule has 0 bridgehead atoms. The molecule has 1 aromatic carbocycles. The maximum atomic E-state index is 12.2. The summed E-state index contributed by atoms with van der Waals surface area (Å²) in [6.07, 6.45) is 7.82. The van der Waals surface area contributed by atoms with Crippen LogP contribution in [0, 0.1) is 0 Å². The van der Waals surface area contributed by atoms with Crippen LogP contribution in [-0.2, 0) is 9.53 Å². The second-order valence-corrected chi connectivity index (χ2v) is 7.97. The van der Waals surface area contributed by atoms with Crippen molar-refractivity contribution in [1.82, 2.24) is 10.3 Å². The van der Waals surface area contributed by atoms with Gasteiger partial charge in [0.2, 0.25) is 5.76 Å². The largest absolute Gasteiger partial charge is 0.450 e. The minimum atomic E-state index is -0.664. The van der Waals surface area contributed by atoms with E-state index in [1.807, 2.05) is 24.3 Å². The number of allylic oxidation sites excluding steroid dienone is 1. The van der Waals surface area contributed by atoms with Gasteiger partial charge in [-0.25, -0.2) is 9.78 Å². The van der Waals surface area contributed by atoms with E-state index in [-0.39, 0.29) is 18.3 Å². The van der Waals surface area contributed by atoms with Crippen LogP contribution in [0.1, 0.15) is 42.7 Å². The maximum absolute atomic E-state index is 12.2. The second kappa shape index (κ2) is 9.05. The third kappa shape index (κ3) is 4.92. The Morgan fingerprint density at radius 3 is 2.90 bits per heavy atom. The summed E-state index contributed by atoms with van der Waals surface area (Å²) in [6.45, 7) is 0.236. The molecular formula is C22H22N2O4S. The molecule has 7 heteroatoms. The summed E-state index contributed by atoms with van der Waals surface area (Å²) in [4.78, 5) is 28.6. The summed E-state index contributed by atoms with van der Waals surface area (Å²) >= 11 is 1.49. The molecule has 3 aromatic rings. The Labute approximate surface area is 172 Å². The van der Waals surface area contributed by atoms with Gasteiger partial charge in [-0.3, -0.25) is 4.79 Å². The van der Waals surface area contributed by atoms with Crippen molar-refractivity contribution in [2.45, 2.75) is 32.1 Å². The summed E-state index contributed by atoms with van der Waals surface area (Å²) in [5.41, 5.74) is 2.28. The number of carbonyl (C=O) groups is 2. The van der Waals surface area contributed by atoms with E-state index in [2.05, 4.69) is 16.4 Å². The van der Waals surface area contributed by atoms with Gasteiger partial charge in [0.15, 0.2) is 17.4 Å². The minimum Gasteiger partial charge on any atom is -0.450 e. The van der Waals surface area contributed by atoms with Gasteiger partial charge in [0, 0.05) is 6.54 Å². The summed E-state index contributed by atoms with van der Waals surface area (Å²) in [5.74, 6) is -0.419. The smallest absolute Gasteiger partial charge is 0.374 e. The van der Waals surface area contributed by atoms with Gasteiger partial charge in [-0.2, -0.15) is 0 Å². The molecule has 4 rings (SSSR count). The first-order chi connectivity index (χ1) is 14.2. The number of fused-ring (bicyclic) bond motifs is 1. The highest BCUT2D eigenvalue weighted by atomic mass is 32.1. The average Bonchev–Trinajstić information content (AvgIpc) is 3.40. The van der Waals surface area contributed by atoms with Crippen LogP contribution in [0.2, 0.25) is 0 Å². The monoisotopic (exact) mass is 410 g/mol. The SMILES string of the molecule is O=C(COC(=O)c1ccc(-c2nc3ccccc3s2)o1)NCCC1=CCCCC1. The van der Waals surface area contributed by atoms with Gasteiger partial charge in [0.1, 0.15) is 0 Å². The molecule has 0 saturated carbocycles. The lowest BCUT2D eigenvalue weighted by Gasteiger charge is -2.12. The summed E-state index contributed by atoms with van der Waals surface area (Å²) in [5, 5.41) is 3.48. The van der Waals surface area contributed by atoms with Crippen LogP contribution in [-0.4, -0.2) is 30.0 Å². The van der Waals surface area contributed by atoms with E-state index in [0.717, 1.165) is 29.5 Å². The molecule has 6 nitrogen and oxygen atoms in total. The fourth-order valence-corrected chi connectivity index (χ4v) is 4.22. The van der Waals surface area contributed by atoms with E-state index in [1.54, 1.807) is 6.07 Å². The third-order valence-electron chi connectivity index (χ3n) is 4.80. The first-order valence-corrected chi connectivity index (χ1v) is 10.6.